The van der Waals surface area contributed by atoms with Crippen LogP contribution in [0.25, 0.3) is 0 Å². The average molecular weight is 376 g/mol. The normalized spacial score (nSPS) is 9.94. The second kappa shape index (κ2) is 5.00. The molecule has 0 atom stereocenters. The van der Waals surface area contributed by atoms with Gasteiger partial charge >= 0.3 is 0 Å². The highest BCUT2D eigenvalue weighted by Gasteiger charge is 2.15. The van der Waals surface area contributed by atoms with Crippen LogP contribution in [0.3, 0.4) is 0 Å². The van der Waals surface area contributed by atoms with Crippen molar-refractivity contribution < 1.29 is 4.79 Å². The largest absolute Gasteiger partial charge is 0.306 e. The maximum absolute atomic E-state index is 11.9. The Hall–Kier alpha value is -1.17. The number of carbonyl (C=O) groups is 1. The third kappa shape index (κ3) is 2.57. The summed E-state index contributed by atoms with van der Waals surface area (Å²) in [5.41, 5.74) is 0.795. The Morgan fingerprint density at radius 2 is 2.35 bits per heavy atom. The van der Waals surface area contributed by atoms with Gasteiger partial charge in [0.25, 0.3) is 5.91 Å². The lowest BCUT2D eigenvalue weighted by Crippen LogP contribution is -2.12. The molecule has 0 saturated heterocycles. The summed E-state index contributed by atoms with van der Waals surface area (Å²) < 4.78 is 1.57. The molecule has 5 nitrogen and oxygen atoms in total. The van der Waals surface area contributed by atoms with Crippen LogP contribution in [0.1, 0.15) is 15.9 Å². The molecule has 0 saturated carbocycles. The molecule has 0 aliphatic carbocycles. The van der Waals surface area contributed by atoms with Crippen LogP contribution in [-0.4, -0.2) is 16.1 Å². The van der Waals surface area contributed by atoms with Gasteiger partial charge in [0.2, 0.25) is 0 Å². The fraction of sp³-hybridized carbons (Fsp3) is 0. The Morgan fingerprint density at radius 3 is 2.94 bits per heavy atom. The third-order valence-corrected chi connectivity index (χ3v) is 4.24. The van der Waals surface area contributed by atoms with Crippen LogP contribution in [-0.2, 0) is 0 Å². The minimum absolute atomic E-state index is 0.295. The molecule has 0 unspecified atom stereocenters. The van der Waals surface area contributed by atoms with E-state index in [1.807, 2.05) is 6.07 Å². The van der Waals surface area contributed by atoms with E-state index in [2.05, 4.69) is 47.4 Å². The Morgan fingerprint density at radius 1 is 1.59 bits per heavy atom. The number of H-pyrrole nitrogens is 1. The first-order chi connectivity index (χ1) is 8.11. The number of nitriles is 1. The zero-order chi connectivity index (χ0) is 12.4. The fourth-order valence-corrected chi connectivity index (χ4v) is 3.94. The summed E-state index contributed by atoms with van der Waals surface area (Å²) in [5.74, 6) is -0.00806. The van der Waals surface area contributed by atoms with Crippen molar-refractivity contribution in [2.24, 2.45) is 0 Å². The van der Waals surface area contributed by atoms with Crippen molar-refractivity contribution in [1.82, 2.24) is 10.2 Å². The molecule has 2 heterocycles. The highest BCUT2D eigenvalue weighted by Crippen LogP contribution is 2.32. The highest BCUT2D eigenvalue weighted by molar-refractivity contribution is 9.12. The van der Waals surface area contributed by atoms with E-state index in [4.69, 9.17) is 5.26 Å². The number of aromatic nitrogens is 2. The number of halogens is 2. The number of rotatable bonds is 2. The number of nitrogens with zero attached hydrogens (tertiary/aromatic N) is 2. The van der Waals surface area contributed by atoms with Crippen molar-refractivity contribution in [2.75, 3.05) is 5.32 Å². The molecule has 0 aliphatic heterocycles. The van der Waals surface area contributed by atoms with Gasteiger partial charge in [-0.3, -0.25) is 9.89 Å². The summed E-state index contributed by atoms with van der Waals surface area (Å²) in [6.45, 7) is 0. The van der Waals surface area contributed by atoms with Crippen LogP contribution in [0.2, 0.25) is 0 Å². The Bertz CT molecular complexity index is 613. The molecule has 0 bridgehead atoms. The Balaban J connectivity index is 2.24. The maximum atomic E-state index is 11.9. The van der Waals surface area contributed by atoms with Crippen LogP contribution in [0.4, 0.5) is 5.82 Å². The summed E-state index contributed by atoms with van der Waals surface area (Å²) in [7, 11) is 0. The number of amides is 1. The number of hydrogen-bond acceptors (Lipinski definition) is 4. The molecule has 0 radical (unpaired) electrons. The summed E-state index contributed by atoms with van der Waals surface area (Å²) in [4.78, 5) is 11.9. The molecule has 0 aromatic carbocycles. The van der Waals surface area contributed by atoms with E-state index in [0.29, 0.717) is 16.9 Å². The summed E-state index contributed by atoms with van der Waals surface area (Å²) in [6.07, 6.45) is 1.36. The summed E-state index contributed by atoms with van der Waals surface area (Å²) >= 11 is 7.99. The summed E-state index contributed by atoms with van der Waals surface area (Å²) in [6, 6.07) is 3.63. The van der Waals surface area contributed by atoms with Gasteiger partial charge in [0.05, 0.1) is 19.3 Å². The quantitative estimate of drug-likeness (QED) is 0.845. The van der Waals surface area contributed by atoms with Crippen LogP contribution < -0.4 is 5.32 Å². The minimum Gasteiger partial charge on any atom is -0.306 e. The van der Waals surface area contributed by atoms with E-state index < -0.39 is 0 Å². The first kappa shape index (κ1) is 12.3. The topological polar surface area (TPSA) is 81.6 Å². The maximum Gasteiger partial charge on any atom is 0.258 e. The predicted molar refractivity (Wildman–Crippen MR) is 71.0 cm³/mol. The van der Waals surface area contributed by atoms with E-state index in [-0.39, 0.29) is 5.91 Å². The highest BCUT2D eigenvalue weighted by atomic mass is 79.9. The van der Waals surface area contributed by atoms with E-state index >= 15 is 0 Å². The van der Waals surface area contributed by atoms with Crippen LogP contribution in [0.15, 0.2) is 19.8 Å². The molecule has 2 N–H and O–H groups in total. The first-order valence-electron chi connectivity index (χ1n) is 4.31. The van der Waals surface area contributed by atoms with Crippen molar-refractivity contribution in [1.29, 1.82) is 5.26 Å². The van der Waals surface area contributed by atoms with Crippen molar-refractivity contribution in [3.8, 4) is 6.07 Å². The van der Waals surface area contributed by atoms with E-state index in [9.17, 15) is 4.79 Å². The minimum atomic E-state index is -0.306. The lowest BCUT2D eigenvalue weighted by molar-refractivity contribution is 0.102. The second-order valence-electron chi connectivity index (χ2n) is 2.96. The molecule has 0 fully saturated rings. The number of nitrogens with one attached hydrogen (secondary N) is 2. The molecule has 17 heavy (non-hydrogen) atoms. The Labute approximate surface area is 117 Å². The first-order valence-corrected chi connectivity index (χ1v) is 6.71. The van der Waals surface area contributed by atoms with Gasteiger partial charge in [-0.2, -0.15) is 10.4 Å². The number of hydrogen-bond donors (Lipinski definition) is 2. The molecule has 2 aromatic rings. The van der Waals surface area contributed by atoms with Gasteiger partial charge in [-0.05, 0) is 37.9 Å². The van der Waals surface area contributed by atoms with Gasteiger partial charge in [-0.25, -0.2) is 0 Å². The molecular weight excluding hydrogens is 372 g/mol. The lowest BCUT2D eigenvalue weighted by Gasteiger charge is -2.01. The van der Waals surface area contributed by atoms with Crippen LogP contribution in [0.5, 0.6) is 0 Å². The smallest absolute Gasteiger partial charge is 0.258 e. The van der Waals surface area contributed by atoms with Gasteiger partial charge in [-0.15, -0.1) is 11.3 Å². The summed E-state index contributed by atoms with van der Waals surface area (Å²) in [5, 5.41) is 17.6. The van der Waals surface area contributed by atoms with Crippen molar-refractivity contribution >= 4 is 54.9 Å². The van der Waals surface area contributed by atoms with Gasteiger partial charge < -0.3 is 5.32 Å². The number of anilines is 1. The zero-order valence-corrected chi connectivity index (χ0v) is 12.1. The van der Waals surface area contributed by atoms with Gasteiger partial charge in [0.15, 0.2) is 0 Å². The van der Waals surface area contributed by atoms with Crippen molar-refractivity contribution in [3.05, 3.63) is 31.0 Å². The monoisotopic (exact) mass is 374 g/mol. The number of carbonyl (C=O) groups excluding carboxylic acids is 1. The molecular formula is C9H4Br2N4OS. The Kier molecular flexibility index (Phi) is 3.61. The zero-order valence-electron chi connectivity index (χ0n) is 8.12. The molecule has 1 amide bonds. The van der Waals surface area contributed by atoms with Crippen molar-refractivity contribution in [3.63, 3.8) is 0 Å². The molecule has 8 heteroatoms. The SMILES string of the molecule is N#Cc1cn[nH]c1NC(=O)c1cc(Br)sc1Br. The van der Waals surface area contributed by atoms with Crippen molar-refractivity contribution in [2.45, 2.75) is 0 Å². The molecule has 2 rings (SSSR count). The van der Waals surface area contributed by atoms with Gasteiger partial charge in [0, 0.05) is 0 Å². The number of thiophene rings is 1. The van der Waals surface area contributed by atoms with Crippen LogP contribution >= 0.6 is 43.2 Å². The molecule has 0 spiro atoms. The van der Waals surface area contributed by atoms with E-state index in [1.54, 1.807) is 6.07 Å². The lowest BCUT2D eigenvalue weighted by atomic mass is 10.3. The second-order valence-corrected chi connectivity index (χ2v) is 6.71. The predicted octanol–water partition coefficient (Wildman–Crippen LogP) is 3.12. The fourth-order valence-electron chi connectivity index (χ4n) is 1.14. The van der Waals surface area contributed by atoms with E-state index in [1.165, 1.54) is 17.5 Å². The number of aromatic amines is 1. The van der Waals surface area contributed by atoms with Crippen LogP contribution in [0, 0.1) is 11.3 Å². The average Bonchev–Trinajstić information content (AvgIpc) is 2.84. The molecule has 0 aliphatic rings. The van der Waals surface area contributed by atoms with E-state index in [0.717, 1.165) is 7.57 Å². The molecule has 2 aromatic heterocycles. The standard InChI is InChI=1S/C9H4Br2N4OS/c10-6-1-5(7(11)17-6)9(16)14-8-4(2-12)3-13-15-8/h1,3H,(H2,13,14,15,16). The third-order valence-electron chi connectivity index (χ3n) is 1.90. The van der Waals surface area contributed by atoms with Gasteiger partial charge in [0.1, 0.15) is 17.5 Å². The van der Waals surface area contributed by atoms with Gasteiger partial charge in [-0.1, -0.05) is 0 Å². The molecule has 86 valence electrons.